The van der Waals surface area contributed by atoms with Crippen molar-refractivity contribution in [3.05, 3.63) is 24.3 Å². The third-order valence-corrected chi connectivity index (χ3v) is 5.60. The van der Waals surface area contributed by atoms with Gasteiger partial charge in [0.1, 0.15) is 0 Å². The number of nitrogens with one attached hydrogen (secondary N) is 2. The Kier molecular flexibility index (Phi) is 5.36. The first-order valence-electron chi connectivity index (χ1n) is 7.35. The van der Waals surface area contributed by atoms with Crippen LogP contribution in [-0.4, -0.2) is 33.2 Å². The van der Waals surface area contributed by atoms with Crippen molar-refractivity contribution < 1.29 is 13.2 Å². The van der Waals surface area contributed by atoms with Crippen LogP contribution in [0.3, 0.4) is 0 Å². The van der Waals surface area contributed by atoms with Crippen molar-refractivity contribution in [3.8, 4) is 0 Å². The lowest BCUT2D eigenvalue weighted by atomic mass is 10.0. The summed E-state index contributed by atoms with van der Waals surface area (Å²) in [6.45, 7) is 3.58. The van der Waals surface area contributed by atoms with Crippen LogP contribution >= 0.6 is 0 Å². The average molecular weight is 310 g/mol. The highest BCUT2D eigenvalue weighted by Gasteiger charge is 2.19. The summed E-state index contributed by atoms with van der Waals surface area (Å²) >= 11 is 0. The van der Waals surface area contributed by atoms with Crippen molar-refractivity contribution in [2.45, 2.75) is 31.1 Å². The number of amides is 1. The number of hydrogen-bond donors (Lipinski definition) is 2. The molecule has 1 heterocycles. The summed E-state index contributed by atoms with van der Waals surface area (Å²) in [5.74, 6) is 0.444. The highest BCUT2D eigenvalue weighted by molar-refractivity contribution is 7.91. The maximum absolute atomic E-state index is 12.0. The third kappa shape index (κ3) is 4.28. The molecule has 5 nitrogen and oxygen atoms in total. The van der Waals surface area contributed by atoms with E-state index in [4.69, 9.17) is 0 Å². The van der Waals surface area contributed by atoms with E-state index in [0.29, 0.717) is 18.0 Å². The molecular weight excluding hydrogens is 288 g/mol. The smallest absolute Gasteiger partial charge is 0.224 e. The van der Waals surface area contributed by atoms with Crippen molar-refractivity contribution >= 4 is 21.4 Å². The summed E-state index contributed by atoms with van der Waals surface area (Å²) < 4.78 is 24.0. The summed E-state index contributed by atoms with van der Waals surface area (Å²) in [5.41, 5.74) is 0.383. The number of para-hydroxylation sites is 1. The molecule has 1 aliphatic heterocycles. The molecular formula is C15H22N2O3S. The van der Waals surface area contributed by atoms with E-state index in [2.05, 4.69) is 10.6 Å². The first-order valence-corrected chi connectivity index (χ1v) is 9.00. The van der Waals surface area contributed by atoms with Gasteiger partial charge in [-0.2, -0.15) is 0 Å². The molecule has 0 saturated carbocycles. The first-order chi connectivity index (χ1) is 10.0. The van der Waals surface area contributed by atoms with Crippen LogP contribution in [0.2, 0.25) is 0 Å². The summed E-state index contributed by atoms with van der Waals surface area (Å²) in [6.07, 6.45) is 2.36. The van der Waals surface area contributed by atoms with Crippen molar-refractivity contribution in [1.29, 1.82) is 0 Å². The second kappa shape index (κ2) is 7.04. The highest BCUT2D eigenvalue weighted by Crippen LogP contribution is 2.23. The van der Waals surface area contributed by atoms with Crippen LogP contribution in [-0.2, 0) is 14.6 Å². The Morgan fingerprint density at radius 1 is 1.38 bits per heavy atom. The molecule has 1 aromatic rings. The van der Waals surface area contributed by atoms with Crippen LogP contribution < -0.4 is 10.6 Å². The van der Waals surface area contributed by atoms with Gasteiger partial charge in [0.15, 0.2) is 9.84 Å². The van der Waals surface area contributed by atoms with Crippen LogP contribution in [0, 0.1) is 5.92 Å². The van der Waals surface area contributed by atoms with Crippen molar-refractivity contribution in [3.63, 3.8) is 0 Å². The van der Waals surface area contributed by atoms with E-state index in [1.807, 2.05) is 0 Å². The minimum Gasteiger partial charge on any atom is -0.325 e. The Bertz CT molecular complexity index is 593. The Hall–Kier alpha value is -1.40. The second-order valence-electron chi connectivity index (χ2n) is 5.35. The van der Waals surface area contributed by atoms with E-state index in [9.17, 15) is 13.2 Å². The number of carbonyl (C=O) groups excluding carboxylic acids is 1. The van der Waals surface area contributed by atoms with Gasteiger partial charge in [-0.3, -0.25) is 4.79 Å². The molecule has 6 heteroatoms. The van der Waals surface area contributed by atoms with Gasteiger partial charge in [0.25, 0.3) is 0 Å². The molecule has 2 N–H and O–H groups in total. The van der Waals surface area contributed by atoms with E-state index in [1.165, 1.54) is 6.07 Å². The van der Waals surface area contributed by atoms with E-state index in [1.54, 1.807) is 25.1 Å². The van der Waals surface area contributed by atoms with Crippen LogP contribution in [0.4, 0.5) is 5.69 Å². The molecule has 1 amide bonds. The monoisotopic (exact) mass is 310 g/mol. The van der Waals surface area contributed by atoms with E-state index < -0.39 is 9.84 Å². The first kappa shape index (κ1) is 16.0. The highest BCUT2D eigenvalue weighted by atomic mass is 32.2. The lowest BCUT2D eigenvalue weighted by Gasteiger charge is -2.12. The number of carbonyl (C=O) groups is 1. The topological polar surface area (TPSA) is 75.3 Å². The zero-order valence-electron chi connectivity index (χ0n) is 12.3. The van der Waals surface area contributed by atoms with Crippen molar-refractivity contribution in [2.75, 3.05) is 24.2 Å². The molecule has 2 rings (SSSR count). The third-order valence-electron chi connectivity index (χ3n) is 3.82. The van der Waals surface area contributed by atoms with Gasteiger partial charge in [0.05, 0.1) is 16.3 Å². The zero-order valence-corrected chi connectivity index (χ0v) is 13.1. The van der Waals surface area contributed by atoms with Gasteiger partial charge < -0.3 is 10.6 Å². The maximum Gasteiger partial charge on any atom is 0.224 e. The quantitative estimate of drug-likeness (QED) is 0.840. The van der Waals surface area contributed by atoms with Gasteiger partial charge >= 0.3 is 0 Å². The predicted octanol–water partition coefficient (Wildman–Crippen LogP) is 1.81. The largest absolute Gasteiger partial charge is 0.325 e. The normalized spacial score (nSPS) is 18.6. The predicted molar refractivity (Wildman–Crippen MR) is 83.0 cm³/mol. The maximum atomic E-state index is 12.0. The van der Waals surface area contributed by atoms with Gasteiger partial charge in [-0.25, -0.2) is 8.42 Å². The average Bonchev–Trinajstić information content (AvgIpc) is 2.99. The summed E-state index contributed by atoms with van der Waals surface area (Å²) in [6, 6.07) is 6.57. The lowest BCUT2D eigenvalue weighted by molar-refractivity contribution is -0.116. The molecule has 1 aromatic carbocycles. The van der Waals surface area contributed by atoms with Crippen LogP contribution in [0.25, 0.3) is 0 Å². The molecule has 1 fully saturated rings. The molecule has 1 aliphatic rings. The number of anilines is 1. The molecule has 21 heavy (non-hydrogen) atoms. The van der Waals surface area contributed by atoms with Gasteiger partial charge in [0, 0.05) is 6.42 Å². The molecule has 0 aromatic heterocycles. The fourth-order valence-corrected chi connectivity index (χ4v) is 3.56. The van der Waals surface area contributed by atoms with Gasteiger partial charge in [0.2, 0.25) is 5.91 Å². The second-order valence-corrected chi connectivity index (χ2v) is 7.59. The van der Waals surface area contributed by atoms with E-state index in [0.717, 1.165) is 25.9 Å². The molecule has 0 radical (unpaired) electrons. The van der Waals surface area contributed by atoms with Crippen molar-refractivity contribution in [2.24, 2.45) is 5.92 Å². The van der Waals surface area contributed by atoms with Crippen LogP contribution in [0.1, 0.15) is 26.2 Å². The molecule has 1 atom stereocenters. The Morgan fingerprint density at radius 2 is 2.14 bits per heavy atom. The number of rotatable bonds is 6. The van der Waals surface area contributed by atoms with E-state index in [-0.39, 0.29) is 16.6 Å². The fraction of sp³-hybridized carbons (Fsp3) is 0.533. The molecule has 116 valence electrons. The fourth-order valence-electron chi connectivity index (χ4n) is 2.51. The summed E-state index contributed by atoms with van der Waals surface area (Å²) in [4.78, 5) is 12.2. The number of sulfone groups is 1. The Balaban J connectivity index is 2.00. The lowest BCUT2D eigenvalue weighted by Crippen LogP contribution is -2.17. The molecule has 0 bridgehead atoms. The number of benzene rings is 1. The van der Waals surface area contributed by atoms with E-state index >= 15 is 0 Å². The van der Waals surface area contributed by atoms with Gasteiger partial charge in [-0.15, -0.1) is 0 Å². The van der Waals surface area contributed by atoms with Gasteiger partial charge in [-0.1, -0.05) is 19.1 Å². The molecule has 0 spiro atoms. The summed E-state index contributed by atoms with van der Waals surface area (Å²) in [7, 11) is -3.33. The summed E-state index contributed by atoms with van der Waals surface area (Å²) in [5, 5.41) is 6.01. The zero-order chi connectivity index (χ0) is 15.3. The van der Waals surface area contributed by atoms with Crippen LogP contribution in [0.5, 0.6) is 0 Å². The minimum absolute atomic E-state index is 0.0215. The SMILES string of the molecule is CCS(=O)(=O)c1ccccc1NC(=O)CCC1CCNC1. The molecule has 1 unspecified atom stereocenters. The number of hydrogen-bond acceptors (Lipinski definition) is 4. The van der Waals surface area contributed by atoms with Gasteiger partial charge in [-0.05, 0) is 44.0 Å². The van der Waals surface area contributed by atoms with Crippen LogP contribution in [0.15, 0.2) is 29.2 Å². The van der Waals surface area contributed by atoms with Crippen molar-refractivity contribution in [1.82, 2.24) is 5.32 Å². The molecule has 0 aliphatic carbocycles. The Labute approximate surface area is 126 Å². The standard InChI is InChI=1S/C15H22N2O3S/c1-2-21(19,20)14-6-4-3-5-13(14)17-15(18)8-7-12-9-10-16-11-12/h3-6,12,16H,2,7-11H2,1H3,(H,17,18). The minimum atomic E-state index is -3.33. The molecule has 1 saturated heterocycles. The Morgan fingerprint density at radius 3 is 2.81 bits per heavy atom.